The van der Waals surface area contributed by atoms with E-state index in [4.69, 9.17) is 0 Å². The molecule has 4 nitrogen and oxygen atoms in total. The van der Waals surface area contributed by atoms with Crippen molar-refractivity contribution in [2.24, 2.45) is 0 Å². The molecule has 0 unspecified atom stereocenters. The van der Waals surface area contributed by atoms with Crippen LogP contribution in [0.4, 0.5) is 5.69 Å². The van der Waals surface area contributed by atoms with Gasteiger partial charge in [0, 0.05) is 12.1 Å². The minimum absolute atomic E-state index is 0.0226. The lowest BCUT2D eigenvalue weighted by Gasteiger charge is -2.03. The number of hydrogen-bond donors (Lipinski definition) is 3. The number of carbonyl (C=O) groups excluding carboxylic acids is 1. The fourth-order valence-electron chi connectivity index (χ4n) is 1.54. The molecule has 0 aliphatic carbocycles. The van der Waals surface area contributed by atoms with Crippen molar-refractivity contribution in [3.63, 3.8) is 0 Å². The summed E-state index contributed by atoms with van der Waals surface area (Å²) in [4.78, 5) is 18.8. The van der Waals surface area contributed by atoms with Crippen LogP contribution in [0.1, 0.15) is 12.2 Å². The third-order valence-electron chi connectivity index (χ3n) is 2.22. The lowest BCUT2D eigenvalue weighted by atomic mass is 10.2. The largest absolute Gasteiger partial charge is 0.342 e. The van der Waals surface area contributed by atoms with Gasteiger partial charge in [-0.1, -0.05) is 0 Å². The molecule has 84 valence electrons. The van der Waals surface area contributed by atoms with Crippen molar-refractivity contribution in [2.45, 2.75) is 13.3 Å². The number of aryl methyl sites for hydroxylation is 1. The number of thiol groups is 1. The number of nitrogens with zero attached hydrogens (tertiary/aromatic N) is 1. The average molecular weight is 235 g/mol. The maximum absolute atomic E-state index is 11.4. The van der Waals surface area contributed by atoms with Gasteiger partial charge in [-0.15, -0.1) is 0 Å². The van der Waals surface area contributed by atoms with Crippen molar-refractivity contribution >= 4 is 35.3 Å². The van der Waals surface area contributed by atoms with E-state index in [-0.39, 0.29) is 5.91 Å². The van der Waals surface area contributed by atoms with Crippen molar-refractivity contribution < 1.29 is 4.79 Å². The molecule has 0 saturated carbocycles. The van der Waals surface area contributed by atoms with Gasteiger partial charge in [-0.2, -0.15) is 12.6 Å². The summed E-state index contributed by atoms with van der Waals surface area (Å²) >= 11 is 4.01. The average Bonchev–Trinajstić information content (AvgIpc) is 2.57. The number of amides is 1. The molecular weight excluding hydrogens is 222 g/mol. The van der Waals surface area contributed by atoms with Gasteiger partial charge in [0.05, 0.1) is 11.0 Å². The highest BCUT2D eigenvalue weighted by atomic mass is 32.1. The lowest BCUT2D eigenvalue weighted by molar-refractivity contribution is -0.115. The number of nitrogens with one attached hydrogen (secondary N) is 2. The zero-order valence-corrected chi connectivity index (χ0v) is 9.84. The van der Waals surface area contributed by atoms with Crippen LogP contribution in [-0.4, -0.2) is 21.6 Å². The van der Waals surface area contributed by atoms with E-state index in [1.807, 2.05) is 25.1 Å². The molecule has 0 radical (unpaired) electrons. The molecule has 2 aromatic rings. The van der Waals surface area contributed by atoms with Crippen LogP contribution in [0.2, 0.25) is 0 Å². The normalized spacial score (nSPS) is 10.6. The van der Waals surface area contributed by atoms with E-state index < -0.39 is 0 Å². The maximum Gasteiger partial charge on any atom is 0.225 e. The number of imidazole rings is 1. The first kappa shape index (κ1) is 11.0. The summed E-state index contributed by atoms with van der Waals surface area (Å²) in [7, 11) is 0. The van der Waals surface area contributed by atoms with Gasteiger partial charge in [-0.25, -0.2) is 4.98 Å². The van der Waals surface area contributed by atoms with Crippen molar-refractivity contribution in [3.8, 4) is 0 Å². The number of benzene rings is 1. The van der Waals surface area contributed by atoms with Gasteiger partial charge in [0.1, 0.15) is 5.82 Å². The predicted octanol–water partition coefficient (Wildman–Crippen LogP) is 2.13. The Morgan fingerprint density at radius 1 is 1.56 bits per heavy atom. The molecule has 0 aliphatic rings. The highest BCUT2D eigenvalue weighted by Crippen LogP contribution is 2.17. The summed E-state index contributed by atoms with van der Waals surface area (Å²) in [6.45, 7) is 1.90. The molecule has 0 spiro atoms. The third-order valence-corrected chi connectivity index (χ3v) is 2.45. The molecule has 5 heteroatoms. The minimum atomic E-state index is -0.0226. The van der Waals surface area contributed by atoms with Crippen LogP contribution in [-0.2, 0) is 4.79 Å². The molecule has 0 aliphatic heterocycles. The third kappa shape index (κ3) is 2.36. The maximum atomic E-state index is 11.4. The molecular formula is C11H13N3OS. The number of hydrogen-bond acceptors (Lipinski definition) is 3. The van der Waals surface area contributed by atoms with Gasteiger partial charge in [0.25, 0.3) is 0 Å². The van der Waals surface area contributed by atoms with Crippen LogP contribution in [0.5, 0.6) is 0 Å². The van der Waals surface area contributed by atoms with Gasteiger partial charge in [-0.3, -0.25) is 4.79 Å². The number of aromatic amines is 1. The number of carbonyl (C=O) groups is 1. The van der Waals surface area contributed by atoms with E-state index in [9.17, 15) is 4.79 Å². The number of rotatable bonds is 3. The summed E-state index contributed by atoms with van der Waals surface area (Å²) in [6, 6.07) is 5.61. The molecule has 1 heterocycles. The van der Waals surface area contributed by atoms with Crippen LogP contribution in [0.15, 0.2) is 18.2 Å². The molecule has 0 fully saturated rings. The smallest absolute Gasteiger partial charge is 0.225 e. The van der Waals surface area contributed by atoms with Crippen molar-refractivity contribution in [1.29, 1.82) is 0 Å². The number of H-pyrrole nitrogens is 1. The Hall–Kier alpha value is -1.49. The topological polar surface area (TPSA) is 57.8 Å². The van der Waals surface area contributed by atoms with Crippen LogP contribution in [0, 0.1) is 6.92 Å². The molecule has 2 rings (SSSR count). The lowest BCUT2D eigenvalue weighted by Crippen LogP contribution is -2.11. The molecule has 0 saturated heterocycles. The first-order valence-corrected chi connectivity index (χ1v) is 5.69. The number of aromatic nitrogens is 2. The molecule has 1 aromatic heterocycles. The summed E-state index contributed by atoms with van der Waals surface area (Å²) in [5, 5.41) is 2.81. The zero-order valence-electron chi connectivity index (χ0n) is 8.95. The summed E-state index contributed by atoms with van der Waals surface area (Å²) in [6.07, 6.45) is 0.420. The Morgan fingerprint density at radius 2 is 2.38 bits per heavy atom. The monoisotopic (exact) mass is 235 g/mol. The summed E-state index contributed by atoms with van der Waals surface area (Å²) < 4.78 is 0. The predicted molar refractivity (Wildman–Crippen MR) is 67.9 cm³/mol. The second-order valence-electron chi connectivity index (χ2n) is 3.58. The fourth-order valence-corrected chi connectivity index (χ4v) is 1.74. The Morgan fingerprint density at radius 3 is 3.12 bits per heavy atom. The molecule has 1 amide bonds. The molecule has 1 aromatic carbocycles. The number of fused-ring (bicyclic) bond motifs is 1. The van der Waals surface area contributed by atoms with Gasteiger partial charge < -0.3 is 10.3 Å². The Balaban J connectivity index is 2.22. The van der Waals surface area contributed by atoms with E-state index in [1.54, 1.807) is 0 Å². The quantitative estimate of drug-likeness (QED) is 0.714. The highest BCUT2D eigenvalue weighted by molar-refractivity contribution is 7.80. The van der Waals surface area contributed by atoms with Crippen LogP contribution in [0.25, 0.3) is 11.0 Å². The first-order chi connectivity index (χ1) is 7.69. The zero-order chi connectivity index (χ0) is 11.5. The first-order valence-electron chi connectivity index (χ1n) is 5.06. The van der Waals surface area contributed by atoms with Gasteiger partial charge >= 0.3 is 0 Å². The second-order valence-corrected chi connectivity index (χ2v) is 4.02. The van der Waals surface area contributed by atoms with Gasteiger partial charge in [-0.05, 0) is 30.9 Å². The molecule has 16 heavy (non-hydrogen) atoms. The van der Waals surface area contributed by atoms with Crippen molar-refractivity contribution in [3.05, 3.63) is 24.0 Å². The molecule has 0 bridgehead atoms. The van der Waals surface area contributed by atoms with E-state index >= 15 is 0 Å². The van der Waals surface area contributed by atoms with E-state index in [1.165, 1.54) is 0 Å². The second kappa shape index (κ2) is 4.57. The van der Waals surface area contributed by atoms with Gasteiger partial charge in [0.15, 0.2) is 0 Å². The summed E-state index contributed by atoms with van der Waals surface area (Å²) in [5.74, 6) is 1.40. The van der Waals surface area contributed by atoms with E-state index in [0.29, 0.717) is 12.2 Å². The summed E-state index contributed by atoms with van der Waals surface area (Å²) in [5.41, 5.74) is 2.62. The minimum Gasteiger partial charge on any atom is -0.342 e. The number of anilines is 1. The van der Waals surface area contributed by atoms with Crippen LogP contribution in [0.3, 0.4) is 0 Å². The van der Waals surface area contributed by atoms with Crippen molar-refractivity contribution in [2.75, 3.05) is 11.1 Å². The Bertz CT molecular complexity index is 521. The molecule has 0 atom stereocenters. The van der Waals surface area contributed by atoms with Crippen LogP contribution < -0.4 is 5.32 Å². The SMILES string of the molecule is Cc1nc2ccc(NC(=O)CCS)cc2[nH]1. The highest BCUT2D eigenvalue weighted by Gasteiger charge is 2.03. The van der Waals surface area contributed by atoms with Gasteiger partial charge in [0.2, 0.25) is 5.91 Å². The standard InChI is InChI=1S/C11H13N3OS/c1-7-12-9-3-2-8(6-10(9)13-7)14-11(15)4-5-16/h2-3,6,16H,4-5H2,1H3,(H,12,13)(H,14,15). The van der Waals surface area contributed by atoms with E-state index in [0.717, 1.165) is 22.5 Å². The van der Waals surface area contributed by atoms with E-state index in [2.05, 4.69) is 27.9 Å². The molecule has 2 N–H and O–H groups in total. The Labute approximate surface area is 98.9 Å². The Kier molecular flexibility index (Phi) is 3.14. The fraction of sp³-hybridized carbons (Fsp3) is 0.273. The van der Waals surface area contributed by atoms with Crippen LogP contribution >= 0.6 is 12.6 Å². The van der Waals surface area contributed by atoms with Crippen molar-refractivity contribution in [1.82, 2.24) is 9.97 Å².